The van der Waals surface area contributed by atoms with E-state index in [1.807, 2.05) is 12.3 Å². The van der Waals surface area contributed by atoms with Gasteiger partial charge in [-0.3, -0.25) is 24.7 Å². The van der Waals surface area contributed by atoms with Crippen molar-refractivity contribution in [1.29, 1.82) is 0 Å². The van der Waals surface area contributed by atoms with E-state index in [1.54, 1.807) is 23.5 Å². The van der Waals surface area contributed by atoms with Crippen LogP contribution in [0.15, 0.2) is 72.9 Å². The van der Waals surface area contributed by atoms with E-state index in [0.29, 0.717) is 44.1 Å². The van der Waals surface area contributed by atoms with Crippen LogP contribution >= 0.6 is 11.3 Å². The highest BCUT2D eigenvalue weighted by molar-refractivity contribution is 7.21. The molecule has 2 aliphatic heterocycles. The Morgan fingerprint density at radius 2 is 1.78 bits per heavy atom. The fraction of sp³-hybridized carbons (Fsp3) is 0.308. The van der Waals surface area contributed by atoms with Crippen LogP contribution in [-0.2, 0) is 27.3 Å². The zero-order chi connectivity index (χ0) is 34.8. The number of carbonyl (C=O) groups excluding carboxylic acids is 3. The minimum absolute atomic E-state index is 0.196. The van der Waals surface area contributed by atoms with Crippen molar-refractivity contribution in [2.24, 2.45) is 0 Å². The summed E-state index contributed by atoms with van der Waals surface area (Å²) in [6, 6.07) is 21.8. The van der Waals surface area contributed by atoms with Crippen LogP contribution in [0.25, 0.3) is 31.9 Å². The molecule has 1 unspecified atom stereocenters. The number of ether oxygens (including phenoxy) is 2. The molecule has 50 heavy (non-hydrogen) atoms. The Labute approximate surface area is 295 Å². The Kier molecular flexibility index (Phi) is 9.60. The first kappa shape index (κ1) is 33.4. The standard InChI is InChI=1S/C39H39N5O5S/c1-24-19-25(7-11-31(24)38-41-33-13-9-29(43(2)3)21-35(33)50-38)26-6-8-28(40-22-26)5-4-16-48-17-18-49-30-10-12-32-27(20-30)23-44(39(32)47)34-14-15-36(45)42-37(34)46/h6-13,19-22,34H,4-5,14-18,23H2,1-3H3,(H,42,45,46). The normalized spacial score (nSPS) is 15.8. The van der Waals surface area contributed by atoms with Crippen molar-refractivity contribution in [2.45, 2.75) is 45.2 Å². The predicted molar refractivity (Wildman–Crippen MR) is 194 cm³/mol. The summed E-state index contributed by atoms with van der Waals surface area (Å²) >= 11 is 1.72. The fourth-order valence-electron chi connectivity index (χ4n) is 6.45. The Hall–Kier alpha value is -5.13. The van der Waals surface area contributed by atoms with Gasteiger partial charge in [0.2, 0.25) is 11.8 Å². The first-order valence-electron chi connectivity index (χ1n) is 16.9. The van der Waals surface area contributed by atoms with Crippen molar-refractivity contribution in [3.8, 4) is 27.4 Å². The van der Waals surface area contributed by atoms with E-state index >= 15 is 0 Å². The fourth-order valence-corrected chi connectivity index (χ4v) is 7.54. The maximum Gasteiger partial charge on any atom is 0.255 e. The lowest BCUT2D eigenvalue weighted by atomic mass is 10.0. The number of piperidine rings is 1. The lowest BCUT2D eigenvalue weighted by Crippen LogP contribution is -2.52. The van der Waals surface area contributed by atoms with Gasteiger partial charge in [-0.05, 0) is 85.3 Å². The number of rotatable bonds is 12. The third-order valence-electron chi connectivity index (χ3n) is 9.22. The smallest absolute Gasteiger partial charge is 0.255 e. The van der Waals surface area contributed by atoms with Crippen LogP contribution < -0.4 is 15.0 Å². The number of aromatic nitrogens is 2. The number of carbonyl (C=O) groups is 3. The Morgan fingerprint density at radius 1 is 0.940 bits per heavy atom. The van der Waals surface area contributed by atoms with Gasteiger partial charge >= 0.3 is 0 Å². The summed E-state index contributed by atoms with van der Waals surface area (Å²) in [5.41, 5.74) is 9.14. The Balaban J connectivity index is 0.846. The van der Waals surface area contributed by atoms with E-state index < -0.39 is 11.9 Å². The van der Waals surface area contributed by atoms with E-state index in [-0.39, 0.29) is 18.2 Å². The molecule has 5 aromatic rings. The molecule has 1 atom stereocenters. The van der Waals surface area contributed by atoms with Crippen LogP contribution in [0.2, 0.25) is 0 Å². The number of benzene rings is 3. The number of hydrogen-bond donors (Lipinski definition) is 1. The van der Waals surface area contributed by atoms with E-state index in [4.69, 9.17) is 19.4 Å². The molecule has 0 saturated carbocycles. The molecule has 256 valence electrons. The first-order chi connectivity index (χ1) is 24.2. The van der Waals surface area contributed by atoms with Gasteiger partial charge in [0.25, 0.3) is 5.91 Å². The van der Waals surface area contributed by atoms with Gasteiger partial charge in [-0.25, -0.2) is 4.98 Å². The highest BCUT2D eigenvalue weighted by atomic mass is 32.1. The molecule has 1 fully saturated rings. The Bertz CT molecular complexity index is 2080. The molecule has 0 aliphatic carbocycles. The molecule has 2 aromatic heterocycles. The maximum atomic E-state index is 12.9. The number of aryl methyl sites for hydroxylation is 2. The minimum Gasteiger partial charge on any atom is -0.491 e. The van der Waals surface area contributed by atoms with E-state index in [2.05, 4.69) is 79.8 Å². The molecular weight excluding hydrogens is 651 g/mol. The SMILES string of the molecule is Cc1cc(-c2ccc(CCCOCCOc3ccc4c(c3)CN(C3CCC(=O)NC3=O)C4=O)nc2)ccc1-c1nc2ccc(N(C)C)cc2s1. The molecule has 10 nitrogen and oxygen atoms in total. The molecule has 1 N–H and O–H groups in total. The van der Waals surface area contributed by atoms with Crippen molar-refractivity contribution in [2.75, 3.05) is 38.8 Å². The number of nitrogens with zero attached hydrogens (tertiary/aromatic N) is 4. The Morgan fingerprint density at radius 3 is 2.56 bits per heavy atom. The molecule has 1 saturated heterocycles. The summed E-state index contributed by atoms with van der Waals surface area (Å²) in [4.78, 5) is 49.9. The number of thiazole rings is 1. The van der Waals surface area contributed by atoms with Gasteiger partial charge < -0.3 is 19.3 Å². The highest BCUT2D eigenvalue weighted by Gasteiger charge is 2.39. The zero-order valence-electron chi connectivity index (χ0n) is 28.4. The number of imide groups is 1. The van der Waals surface area contributed by atoms with Crippen LogP contribution in [0.5, 0.6) is 5.75 Å². The lowest BCUT2D eigenvalue weighted by molar-refractivity contribution is -0.136. The highest BCUT2D eigenvalue weighted by Crippen LogP contribution is 2.35. The summed E-state index contributed by atoms with van der Waals surface area (Å²) in [5.74, 6) is -0.262. The van der Waals surface area contributed by atoms with Gasteiger partial charge in [0.15, 0.2) is 0 Å². The third-order valence-corrected chi connectivity index (χ3v) is 10.3. The second-order valence-corrected chi connectivity index (χ2v) is 13.9. The average molecular weight is 690 g/mol. The third kappa shape index (κ3) is 7.10. The second-order valence-electron chi connectivity index (χ2n) is 12.9. The maximum absolute atomic E-state index is 12.9. The molecule has 11 heteroatoms. The van der Waals surface area contributed by atoms with Crippen molar-refractivity contribution in [1.82, 2.24) is 20.2 Å². The molecule has 7 rings (SSSR count). The van der Waals surface area contributed by atoms with Crippen molar-refractivity contribution >= 4 is 45.0 Å². The lowest BCUT2D eigenvalue weighted by Gasteiger charge is -2.29. The van der Waals surface area contributed by atoms with Gasteiger partial charge in [0.1, 0.15) is 23.4 Å². The number of anilines is 1. The number of fused-ring (bicyclic) bond motifs is 2. The molecule has 3 amide bonds. The summed E-state index contributed by atoms with van der Waals surface area (Å²) in [6.45, 7) is 3.86. The van der Waals surface area contributed by atoms with Gasteiger partial charge in [0, 0.05) is 67.9 Å². The monoisotopic (exact) mass is 689 g/mol. The summed E-state index contributed by atoms with van der Waals surface area (Å²) < 4.78 is 12.9. The molecule has 0 bridgehead atoms. The van der Waals surface area contributed by atoms with Crippen LogP contribution in [0, 0.1) is 6.92 Å². The molecule has 4 heterocycles. The average Bonchev–Trinajstić information content (AvgIpc) is 3.68. The van der Waals surface area contributed by atoms with Gasteiger partial charge in [0.05, 0.1) is 16.8 Å². The zero-order valence-corrected chi connectivity index (χ0v) is 29.2. The van der Waals surface area contributed by atoms with Crippen LogP contribution in [0.3, 0.4) is 0 Å². The molecular formula is C39H39N5O5S. The van der Waals surface area contributed by atoms with Crippen molar-refractivity contribution in [3.63, 3.8) is 0 Å². The summed E-state index contributed by atoms with van der Waals surface area (Å²) in [5, 5.41) is 3.36. The summed E-state index contributed by atoms with van der Waals surface area (Å²) in [6.07, 6.45) is 4.16. The van der Waals surface area contributed by atoms with E-state index in [0.717, 1.165) is 51.3 Å². The van der Waals surface area contributed by atoms with Crippen LogP contribution in [0.4, 0.5) is 5.69 Å². The minimum atomic E-state index is -0.630. The quantitative estimate of drug-likeness (QED) is 0.122. The number of nitrogens with one attached hydrogen (secondary N) is 1. The number of amides is 3. The van der Waals surface area contributed by atoms with Crippen molar-refractivity contribution in [3.05, 3.63) is 95.3 Å². The molecule has 0 radical (unpaired) electrons. The van der Waals surface area contributed by atoms with Gasteiger partial charge in [-0.1, -0.05) is 24.3 Å². The van der Waals surface area contributed by atoms with Crippen LogP contribution in [0.1, 0.15) is 46.4 Å². The molecule has 2 aliphatic rings. The molecule has 0 spiro atoms. The van der Waals surface area contributed by atoms with E-state index in [9.17, 15) is 14.4 Å². The topological polar surface area (TPSA) is 114 Å². The number of hydrogen-bond acceptors (Lipinski definition) is 9. The van der Waals surface area contributed by atoms with E-state index in [1.165, 1.54) is 20.9 Å². The van der Waals surface area contributed by atoms with Gasteiger partial charge in [-0.2, -0.15) is 0 Å². The second kappa shape index (κ2) is 14.4. The largest absolute Gasteiger partial charge is 0.491 e. The molecule has 3 aromatic carbocycles. The van der Waals surface area contributed by atoms with Gasteiger partial charge in [-0.15, -0.1) is 11.3 Å². The first-order valence-corrected chi connectivity index (χ1v) is 17.7. The predicted octanol–water partition coefficient (Wildman–Crippen LogP) is 6.19. The van der Waals surface area contributed by atoms with Crippen LogP contribution in [-0.4, -0.2) is 72.5 Å². The van der Waals surface area contributed by atoms with Crippen molar-refractivity contribution < 1.29 is 23.9 Å². The summed E-state index contributed by atoms with van der Waals surface area (Å²) in [7, 11) is 4.10. The number of pyridine rings is 1.